The van der Waals surface area contributed by atoms with E-state index in [1.165, 1.54) is 9.21 Å². The summed E-state index contributed by atoms with van der Waals surface area (Å²) in [6.45, 7) is 4.47. The van der Waals surface area contributed by atoms with Crippen LogP contribution < -0.4 is 0 Å². The Morgan fingerprint density at radius 2 is 1.73 bits per heavy atom. The highest BCUT2D eigenvalue weighted by atomic mass is 32.2. The minimum atomic E-state index is -3.59. The Hall–Kier alpha value is -2.46. The van der Waals surface area contributed by atoms with Gasteiger partial charge in [0.1, 0.15) is 0 Å². The second-order valence-electron chi connectivity index (χ2n) is 7.75. The lowest BCUT2D eigenvalue weighted by Gasteiger charge is -2.33. The Kier molecular flexibility index (Phi) is 6.77. The van der Waals surface area contributed by atoms with Crippen molar-refractivity contribution in [2.45, 2.75) is 31.2 Å². The second-order valence-corrected chi connectivity index (χ2v) is 9.68. The van der Waals surface area contributed by atoms with Gasteiger partial charge in [0.15, 0.2) is 6.61 Å². The molecule has 164 valence electrons. The number of benzene rings is 1. The molecule has 1 atom stereocenters. The van der Waals surface area contributed by atoms with Crippen molar-refractivity contribution in [3.05, 3.63) is 30.3 Å². The third-order valence-electron chi connectivity index (χ3n) is 5.43. The van der Waals surface area contributed by atoms with Gasteiger partial charge in [-0.05, 0) is 26.0 Å². The molecule has 2 aliphatic heterocycles. The van der Waals surface area contributed by atoms with E-state index in [1.807, 2.05) is 13.8 Å². The van der Waals surface area contributed by atoms with E-state index in [0.717, 1.165) is 0 Å². The summed E-state index contributed by atoms with van der Waals surface area (Å²) >= 11 is 0. The zero-order valence-corrected chi connectivity index (χ0v) is 18.0. The number of esters is 1. The zero-order chi connectivity index (χ0) is 21.9. The van der Waals surface area contributed by atoms with Crippen LogP contribution in [-0.4, -0.2) is 85.7 Å². The fraction of sp³-hybridized carbons (Fsp3) is 0.550. The third kappa shape index (κ3) is 4.81. The number of carbonyl (C=O) groups is 3. The number of likely N-dealkylation sites (tertiary alicyclic amines) is 1. The van der Waals surface area contributed by atoms with Crippen LogP contribution in [0.2, 0.25) is 0 Å². The number of nitrogens with zero attached hydrogens (tertiary/aromatic N) is 3. The molecule has 30 heavy (non-hydrogen) atoms. The molecule has 2 amide bonds. The van der Waals surface area contributed by atoms with Crippen LogP contribution in [0.1, 0.15) is 20.3 Å². The Morgan fingerprint density at radius 1 is 1.10 bits per heavy atom. The first kappa shape index (κ1) is 22.2. The van der Waals surface area contributed by atoms with Crippen LogP contribution in [-0.2, 0) is 29.1 Å². The van der Waals surface area contributed by atoms with Crippen LogP contribution in [0.15, 0.2) is 35.2 Å². The van der Waals surface area contributed by atoms with E-state index >= 15 is 0 Å². The maximum Gasteiger partial charge on any atom is 0.311 e. The van der Waals surface area contributed by atoms with Gasteiger partial charge in [0.25, 0.3) is 5.91 Å². The lowest BCUT2D eigenvalue weighted by Crippen LogP contribution is -2.51. The van der Waals surface area contributed by atoms with E-state index in [9.17, 15) is 22.8 Å². The molecule has 1 aromatic rings. The van der Waals surface area contributed by atoms with E-state index in [4.69, 9.17) is 4.74 Å². The van der Waals surface area contributed by atoms with Crippen molar-refractivity contribution in [1.29, 1.82) is 0 Å². The number of sulfonamides is 1. The number of rotatable bonds is 6. The number of ether oxygens (including phenoxy) is 1. The van der Waals surface area contributed by atoms with E-state index < -0.39 is 28.5 Å². The van der Waals surface area contributed by atoms with Gasteiger partial charge in [0.2, 0.25) is 15.9 Å². The van der Waals surface area contributed by atoms with Gasteiger partial charge in [-0.1, -0.05) is 18.2 Å². The van der Waals surface area contributed by atoms with Gasteiger partial charge in [0, 0.05) is 45.2 Å². The molecule has 10 heteroatoms. The SMILES string of the molecule is CC(C)N1CC(C(=O)OCC(=O)N2CCN(S(=O)(=O)c3ccccc3)CC2)CC1=O. The number of hydrogen-bond donors (Lipinski definition) is 0. The van der Waals surface area contributed by atoms with Crippen LogP contribution in [0.25, 0.3) is 0 Å². The molecule has 2 fully saturated rings. The lowest BCUT2D eigenvalue weighted by molar-refractivity contribution is -0.155. The zero-order valence-electron chi connectivity index (χ0n) is 17.2. The molecule has 0 aliphatic carbocycles. The molecule has 2 saturated heterocycles. The van der Waals surface area contributed by atoms with Gasteiger partial charge < -0.3 is 14.5 Å². The molecule has 0 radical (unpaired) electrons. The van der Waals surface area contributed by atoms with Crippen LogP contribution in [0.4, 0.5) is 0 Å². The van der Waals surface area contributed by atoms with Crippen LogP contribution in [0, 0.1) is 5.92 Å². The van der Waals surface area contributed by atoms with E-state index in [2.05, 4.69) is 0 Å². The first-order chi connectivity index (χ1) is 14.2. The first-order valence-corrected chi connectivity index (χ1v) is 11.4. The van der Waals surface area contributed by atoms with Crippen molar-refractivity contribution >= 4 is 27.8 Å². The number of hydrogen-bond acceptors (Lipinski definition) is 6. The standard InChI is InChI=1S/C20H27N3O6S/c1-15(2)23-13-16(12-18(23)24)20(26)29-14-19(25)21-8-10-22(11-9-21)30(27,28)17-6-4-3-5-7-17/h3-7,15-16H,8-14H2,1-2H3. The predicted octanol–water partition coefficient (Wildman–Crippen LogP) is 0.320. The summed E-state index contributed by atoms with van der Waals surface area (Å²) in [5.74, 6) is -1.56. The molecular weight excluding hydrogens is 410 g/mol. The molecule has 9 nitrogen and oxygen atoms in total. The maximum atomic E-state index is 12.6. The van der Waals surface area contributed by atoms with Crippen molar-refractivity contribution in [3.8, 4) is 0 Å². The van der Waals surface area contributed by atoms with Crippen molar-refractivity contribution in [3.63, 3.8) is 0 Å². The smallest absolute Gasteiger partial charge is 0.311 e. The van der Waals surface area contributed by atoms with Gasteiger partial charge in [0.05, 0.1) is 10.8 Å². The van der Waals surface area contributed by atoms with Gasteiger partial charge in [-0.15, -0.1) is 0 Å². The summed E-state index contributed by atoms with van der Waals surface area (Å²) < 4.78 is 31.8. The minimum absolute atomic E-state index is 0.0143. The average molecular weight is 438 g/mol. The summed E-state index contributed by atoms with van der Waals surface area (Å²) in [6.07, 6.45) is 0.0984. The first-order valence-electron chi connectivity index (χ1n) is 9.99. The molecule has 1 aromatic carbocycles. The van der Waals surface area contributed by atoms with Crippen molar-refractivity contribution < 1.29 is 27.5 Å². The Labute approximate surface area is 176 Å². The topological polar surface area (TPSA) is 104 Å². The summed E-state index contributed by atoms with van der Waals surface area (Å²) in [7, 11) is -3.59. The number of carbonyl (C=O) groups excluding carboxylic acids is 3. The molecule has 0 spiro atoms. The molecule has 0 N–H and O–H groups in total. The number of amides is 2. The highest BCUT2D eigenvalue weighted by Crippen LogP contribution is 2.21. The molecule has 0 aromatic heterocycles. The monoisotopic (exact) mass is 437 g/mol. The normalized spacial score (nSPS) is 20.6. The van der Waals surface area contributed by atoms with E-state index in [0.29, 0.717) is 6.54 Å². The summed E-state index contributed by atoms with van der Waals surface area (Å²) in [5, 5.41) is 0. The van der Waals surface area contributed by atoms with E-state index in [1.54, 1.807) is 35.2 Å². The van der Waals surface area contributed by atoms with Crippen molar-refractivity contribution in [2.24, 2.45) is 5.92 Å². The molecule has 2 aliphatic rings. The molecular formula is C20H27N3O6S. The molecule has 0 saturated carbocycles. The Morgan fingerprint density at radius 3 is 2.30 bits per heavy atom. The Bertz CT molecular complexity index is 894. The molecule has 2 heterocycles. The summed E-state index contributed by atoms with van der Waals surface area (Å²) in [6, 6.07) is 8.18. The maximum absolute atomic E-state index is 12.6. The summed E-state index contributed by atoms with van der Waals surface area (Å²) in [5.41, 5.74) is 0. The van der Waals surface area contributed by atoms with Crippen molar-refractivity contribution in [2.75, 3.05) is 39.3 Å². The van der Waals surface area contributed by atoms with Gasteiger partial charge >= 0.3 is 5.97 Å². The fourth-order valence-electron chi connectivity index (χ4n) is 3.65. The van der Waals surface area contributed by atoms with Crippen molar-refractivity contribution in [1.82, 2.24) is 14.1 Å². The largest absolute Gasteiger partial charge is 0.455 e. The molecule has 3 rings (SSSR count). The van der Waals surface area contributed by atoms with Gasteiger partial charge in [-0.25, -0.2) is 8.42 Å². The second kappa shape index (κ2) is 9.13. The predicted molar refractivity (Wildman–Crippen MR) is 108 cm³/mol. The van der Waals surface area contributed by atoms with E-state index in [-0.39, 0.29) is 55.4 Å². The van der Waals surface area contributed by atoms with Crippen LogP contribution in [0.5, 0.6) is 0 Å². The van der Waals surface area contributed by atoms with Crippen LogP contribution in [0.3, 0.4) is 0 Å². The Balaban J connectivity index is 1.47. The summed E-state index contributed by atoms with van der Waals surface area (Å²) in [4.78, 5) is 39.9. The average Bonchev–Trinajstić information content (AvgIpc) is 3.14. The third-order valence-corrected chi connectivity index (χ3v) is 7.34. The van der Waals surface area contributed by atoms with Gasteiger partial charge in [-0.2, -0.15) is 4.31 Å². The fourth-order valence-corrected chi connectivity index (χ4v) is 5.09. The highest BCUT2D eigenvalue weighted by Gasteiger charge is 2.37. The molecule has 1 unspecified atom stereocenters. The minimum Gasteiger partial charge on any atom is -0.455 e. The quantitative estimate of drug-likeness (QED) is 0.594. The highest BCUT2D eigenvalue weighted by molar-refractivity contribution is 7.89. The van der Waals surface area contributed by atoms with Crippen LogP contribution >= 0.6 is 0 Å². The van der Waals surface area contributed by atoms with Gasteiger partial charge in [-0.3, -0.25) is 14.4 Å². The number of piperazine rings is 1. The lowest BCUT2D eigenvalue weighted by atomic mass is 10.1. The molecule has 0 bridgehead atoms.